The predicted molar refractivity (Wildman–Crippen MR) is 93.8 cm³/mol. The molecular formula is C18H25N3O4. The third-order valence-electron chi connectivity index (χ3n) is 3.74. The van der Waals surface area contributed by atoms with Gasteiger partial charge in [-0.15, -0.1) is 0 Å². The molecule has 1 atom stereocenters. The second-order valence-electron chi connectivity index (χ2n) is 5.56. The topological polar surface area (TPSA) is 74.6 Å². The first-order valence-corrected chi connectivity index (χ1v) is 8.20. The van der Waals surface area contributed by atoms with Gasteiger partial charge in [-0.3, -0.25) is 9.48 Å². The number of nitrogens with one attached hydrogen (secondary N) is 1. The smallest absolute Gasteiger partial charge is 0.222 e. The summed E-state index contributed by atoms with van der Waals surface area (Å²) in [6.07, 6.45) is 3.91. The second kappa shape index (κ2) is 9.68. The molecule has 1 N–H and O–H groups in total. The predicted octanol–water partition coefficient (Wildman–Crippen LogP) is 2.18. The summed E-state index contributed by atoms with van der Waals surface area (Å²) in [5.41, 5.74) is 0.948. The van der Waals surface area contributed by atoms with Gasteiger partial charge in [-0.25, -0.2) is 0 Å². The lowest BCUT2D eigenvalue weighted by atomic mass is 10.1. The molecule has 0 aliphatic heterocycles. The average Bonchev–Trinajstić information content (AvgIpc) is 3.14. The lowest BCUT2D eigenvalue weighted by molar-refractivity contribution is -0.122. The van der Waals surface area contributed by atoms with Gasteiger partial charge in [-0.05, 0) is 30.7 Å². The van der Waals surface area contributed by atoms with Crippen LogP contribution in [0.3, 0.4) is 0 Å². The summed E-state index contributed by atoms with van der Waals surface area (Å²) >= 11 is 0. The van der Waals surface area contributed by atoms with Gasteiger partial charge in [0, 0.05) is 32.5 Å². The molecule has 0 aliphatic rings. The summed E-state index contributed by atoms with van der Waals surface area (Å²) in [6.45, 7) is 3.45. The normalized spacial score (nSPS) is 11.8. The highest BCUT2D eigenvalue weighted by molar-refractivity contribution is 5.76. The summed E-state index contributed by atoms with van der Waals surface area (Å²) in [7, 11) is 3.22. The third-order valence-corrected chi connectivity index (χ3v) is 3.74. The lowest BCUT2D eigenvalue weighted by Crippen LogP contribution is -2.27. The summed E-state index contributed by atoms with van der Waals surface area (Å²) in [4.78, 5) is 12.1. The number of aromatic nitrogens is 2. The quantitative estimate of drug-likeness (QED) is 0.667. The molecule has 1 aromatic heterocycles. The molecule has 136 valence electrons. The van der Waals surface area contributed by atoms with Crippen molar-refractivity contribution in [2.45, 2.75) is 25.9 Å². The Bertz CT molecular complexity index is 658. The molecule has 2 rings (SSSR count). The number of hydrogen-bond donors (Lipinski definition) is 1. The van der Waals surface area contributed by atoms with Crippen LogP contribution in [0.25, 0.3) is 0 Å². The molecule has 7 nitrogen and oxygen atoms in total. The van der Waals surface area contributed by atoms with Crippen LogP contribution in [0.5, 0.6) is 11.5 Å². The van der Waals surface area contributed by atoms with Gasteiger partial charge < -0.3 is 19.5 Å². The van der Waals surface area contributed by atoms with Crippen molar-refractivity contribution < 1.29 is 19.0 Å². The number of hydrogen-bond acceptors (Lipinski definition) is 5. The van der Waals surface area contributed by atoms with Crippen LogP contribution in [0.2, 0.25) is 0 Å². The lowest BCUT2D eigenvalue weighted by Gasteiger charge is -2.17. The monoisotopic (exact) mass is 347 g/mol. The molecule has 25 heavy (non-hydrogen) atoms. The summed E-state index contributed by atoms with van der Waals surface area (Å²) in [6, 6.07) is 7.34. The van der Waals surface area contributed by atoms with Crippen molar-refractivity contribution in [2.75, 3.05) is 27.4 Å². The van der Waals surface area contributed by atoms with E-state index in [4.69, 9.17) is 14.2 Å². The Labute approximate surface area is 147 Å². The van der Waals surface area contributed by atoms with Crippen LogP contribution in [0.1, 0.15) is 24.9 Å². The molecule has 1 aromatic carbocycles. The van der Waals surface area contributed by atoms with E-state index in [1.54, 1.807) is 25.1 Å². The van der Waals surface area contributed by atoms with Crippen molar-refractivity contribution in [1.29, 1.82) is 0 Å². The Morgan fingerprint density at radius 1 is 1.28 bits per heavy atom. The first-order valence-electron chi connectivity index (χ1n) is 8.20. The van der Waals surface area contributed by atoms with Gasteiger partial charge in [-0.1, -0.05) is 6.07 Å². The standard InChI is InChI=1S/C18H25N3O4/c1-14(20-18(22)7-10-21-9-4-8-19-21)15-5-6-16(17(13-15)24-3)25-12-11-23-2/h4-6,8-9,13-14H,7,10-12H2,1-3H3,(H,20,22). The van der Waals surface area contributed by atoms with Gasteiger partial charge in [0.1, 0.15) is 6.61 Å². The van der Waals surface area contributed by atoms with E-state index in [0.29, 0.717) is 37.7 Å². The van der Waals surface area contributed by atoms with Crippen LogP contribution in [0, 0.1) is 0 Å². The van der Waals surface area contributed by atoms with Gasteiger partial charge in [-0.2, -0.15) is 5.10 Å². The molecule has 0 bridgehead atoms. The maximum Gasteiger partial charge on any atom is 0.222 e. The highest BCUT2D eigenvalue weighted by Gasteiger charge is 2.13. The molecule has 0 aliphatic carbocycles. The fourth-order valence-corrected chi connectivity index (χ4v) is 2.35. The highest BCUT2D eigenvalue weighted by atomic mass is 16.5. The van der Waals surface area contributed by atoms with Gasteiger partial charge in [0.2, 0.25) is 5.91 Å². The number of carbonyl (C=O) groups is 1. The molecule has 0 saturated heterocycles. The van der Waals surface area contributed by atoms with Crippen molar-refractivity contribution in [3.63, 3.8) is 0 Å². The van der Waals surface area contributed by atoms with E-state index in [0.717, 1.165) is 5.56 Å². The Morgan fingerprint density at radius 2 is 2.12 bits per heavy atom. The Kier molecular flexibility index (Phi) is 7.28. The zero-order valence-corrected chi connectivity index (χ0v) is 14.9. The number of aryl methyl sites for hydroxylation is 1. The van der Waals surface area contributed by atoms with Crippen LogP contribution in [-0.2, 0) is 16.1 Å². The van der Waals surface area contributed by atoms with Crippen LogP contribution in [0.15, 0.2) is 36.7 Å². The zero-order valence-electron chi connectivity index (χ0n) is 14.9. The van der Waals surface area contributed by atoms with E-state index in [2.05, 4.69) is 10.4 Å². The molecule has 1 heterocycles. The van der Waals surface area contributed by atoms with Crippen LogP contribution >= 0.6 is 0 Å². The number of methoxy groups -OCH3 is 2. The number of carbonyl (C=O) groups excluding carboxylic acids is 1. The van der Waals surface area contributed by atoms with Crippen molar-refractivity contribution in [3.8, 4) is 11.5 Å². The highest BCUT2D eigenvalue weighted by Crippen LogP contribution is 2.30. The number of benzene rings is 1. The molecule has 0 radical (unpaired) electrons. The first-order chi connectivity index (χ1) is 12.1. The van der Waals surface area contributed by atoms with Crippen LogP contribution in [-0.4, -0.2) is 43.1 Å². The molecule has 2 aromatic rings. The molecule has 0 fully saturated rings. The minimum absolute atomic E-state index is 0.0256. The molecule has 7 heteroatoms. The van der Waals surface area contributed by atoms with Crippen molar-refractivity contribution >= 4 is 5.91 Å². The number of amides is 1. The fourth-order valence-electron chi connectivity index (χ4n) is 2.35. The SMILES string of the molecule is COCCOc1ccc(C(C)NC(=O)CCn2cccn2)cc1OC. The summed E-state index contributed by atoms with van der Waals surface area (Å²) in [5.74, 6) is 1.26. The van der Waals surface area contributed by atoms with Gasteiger partial charge in [0.05, 0.1) is 19.8 Å². The number of ether oxygens (including phenoxy) is 3. The molecule has 1 unspecified atom stereocenters. The van der Waals surface area contributed by atoms with E-state index in [-0.39, 0.29) is 11.9 Å². The van der Waals surface area contributed by atoms with E-state index in [1.165, 1.54) is 0 Å². The molecule has 0 spiro atoms. The van der Waals surface area contributed by atoms with Gasteiger partial charge in [0.15, 0.2) is 11.5 Å². The van der Waals surface area contributed by atoms with E-state index >= 15 is 0 Å². The fraction of sp³-hybridized carbons (Fsp3) is 0.444. The van der Waals surface area contributed by atoms with Gasteiger partial charge in [0.25, 0.3) is 0 Å². The maximum atomic E-state index is 12.1. The summed E-state index contributed by atoms with van der Waals surface area (Å²) < 4.78 is 17.7. The second-order valence-corrected chi connectivity index (χ2v) is 5.56. The minimum atomic E-state index is -0.132. The number of nitrogens with zero attached hydrogens (tertiary/aromatic N) is 2. The summed E-state index contributed by atoms with van der Waals surface area (Å²) in [5, 5.41) is 7.07. The Balaban J connectivity index is 1.91. The van der Waals surface area contributed by atoms with Crippen molar-refractivity contribution in [2.24, 2.45) is 0 Å². The first kappa shape index (κ1) is 18.8. The molecular weight excluding hydrogens is 322 g/mol. The maximum absolute atomic E-state index is 12.1. The Morgan fingerprint density at radius 3 is 2.80 bits per heavy atom. The average molecular weight is 347 g/mol. The zero-order chi connectivity index (χ0) is 18.1. The van der Waals surface area contributed by atoms with E-state index in [9.17, 15) is 4.79 Å². The number of rotatable bonds is 10. The van der Waals surface area contributed by atoms with Crippen LogP contribution in [0.4, 0.5) is 0 Å². The third kappa shape index (κ3) is 5.79. The van der Waals surface area contributed by atoms with Crippen molar-refractivity contribution in [1.82, 2.24) is 15.1 Å². The van der Waals surface area contributed by atoms with Crippen LogP contribution < -0.4 is 14.8 Å². The van der Waals surface area contributed by atoms with E-state index < -0.39 is 0 Å². The minimum Gasteiger partial charge on any atom is -0.493 e. The molecule has 0 saturated carbocycles. The Hall–Kier alpha value is -2.54. The van der Waals surface area contributed by atoms with E-state index in [1.807, 2.05) is 37.4 Å². The molecule has 1 amide bonds. The van der Waals surface area contributed by atoms with Crippen molar-refractivity contribution in [3.05, 3.63) is 42.2 Å². The van der Waals surface area contributed by atoms with Gasteiger partial charge >= 0.3 is 0 Å². The largest absolute Gasteiger partial charge is 0.493 e.